The van der Waals surface area contributed by atoms with Crippen LogP contribution in [0, 0.1) is 19.3 Å². The molecule has 0 saturated carbocycles. The number of H-pyrrole nitrogens is 1. The quantitative estimate of drug-likeness (QED) is 0.495. The molecule has 5 heteroatoms. The summed E-state index contributed by atoms with van der Waals surface area (Å²) < 4.78 is 9.75. The van der Waals surface area contributed by atoms with Crippen LogP contribution in [0.1, 0.15) is 27.2 Å². The monoisotopic (exact) mass is 260 g/mol. The van der Waals surface area contributed by atoms with Gasteiger partial charge in [-0.05, 0) is 25.0 Å². The fraction of sp³-hybridized carbons (Fsp3) is 0.286. The number of carbonyl (C=O) groups excluding carboxylic acids is 1. The highest BCUT2D eigenvalue weighted by Crippen LogP contribution is 2.29. The van der Waals surface area contributed by atoms with Crippen LogP contribution in [0.15, 0.2) is 12.1 Å². The highest BCUT2D eigenvalue weighted by atomic mass is 16.5. The summed E-state index contributed by atoms with van der Waals surface area (Å²) in [4.78, 5) is 14.9. The molecule has 0 fully saturated rings. The molecule has 0 aliphatic heterocycles. The number of hydrogen-bond acceptors (Lipinski definition) is 4. The Morgan fingerprint density at radius 2 is 1.79 bits per heavy atom. The van der Waals surface area contributed by atoms with E-state index < -0.39 is 5.97 Å². The Bertz CT molecular complexity index is 671. The topological polar surface area (TPSA) is 75.2 Å². The van der Waals surface area contributed by atoms with Crippen molar-refractivity contribution >= 4 is 22.8 Å². The second kappa shape index (κ2) is 4.76. The molecule has 1 heterocycles. The van der Waals surface area contributed by atoms with Gasteiger partial charge in [-0.2, -0.15) is 0 Å². The molecule has 0 aliphatic rings. The first-order valence-corrected chi connectivity index (χ1v) is 5.84. The molecule has 100 valence electrons. The Morgan fingerprint density at radius 1 is 1.16 bits per heavy atom. The van der Waals surface area contributed by atoms with Gasteiger partial charge in [0.1, 0.15) is 5.69 Å². The first-order chi connectivity index (χ1) is 9.01. The predicted octanol–water partition coefficient (Wildman–Crippen LogP) is 2.54. The standard InChI is InChI=1S/C14H16N2O3/c1-7-5-6-8(2)11-9(7)10(13(15)18-3)12(16-11)14(17)19-4/h5-6,15-16H,1-4H3. The van der Waals surface area contributed by atoms with E-state index in [-0.39, 0.29) is 11.6 Å². The highest BCUT2D eigenvalue weighted by Gasteiger charge is 2.24. The van der Waals surface area contributed by atoms with Crippen molar-refractivity contribution in [3.05, 3.63) is 34.5 Å². The number of aryl methyl sites for hydroxylation is 2. The Hall–Kier alpha value is -2.30. The van der Waals surface area contributed by atoms with E-state index >= 15 is 0 Å². The lowest BCUT2D eigenvalue weighted by Crippen LogP contribution is -2.10. The first kappa shape index (κ1) is 13.1. The van der Waals surface area contributed by atoms with Crippen molar-refractivity contribution in [1.82, 2.24) is 4.98 Å². The van der Waals surface area contributed by atoms with E-state index in [0.29, 0.717) is 5.56 Å². The third-order valence-electron chi connectivity index (χ3n) is 3.19. The third-order valence-corrected chi connectivity index (χ3v) is 3.19. The van der Waals surface area contributed by atoms with Gasteiger partial charge < -0.3 is 14.5 Å². The van der Waals surface area contributed by atoms with Crippen molar-refractivity contribution in [3.63, 3.8) is 0 Å². The van der Waals surface area contributed by atoms with E-state index in [2.05, 4.69) is 4.98 Å². The molecule has 5 nitrogen and oxygen atoms in total. The lowest BCUT2D eigenvalue weighted by Gasteiger charge is -2.05. The Labute approximate surface area is 111 Å². The first-order valence-electron chi connectivity index (χ1n) is 5.84. The van der Waals surface area contributed by atoms with Crippen LogP contribution in [0.25, 0.3) is 10.9 Å². The Kier molecular flexibility index (Phi) is 3.29. The van der Waals surface area contributed by atoms with Gasteiger partial charge in [0.2, 0.25) is 5.90 Å². The third kappa shape index (κ3) is 1.97. The summed E-state index contributed by atoms with van der Waals surface area (Å²) in [6.07, 6.45) is 0. The van der Waals surface area contributed by atoms with Gasteiger partial charge >= 0.3 is 5.97 Å². The van der Waals surface area contributed by atoms with Gasteiger partial charge in [0.25, 0.3) is 0 Å². The van der Waals surface area contributed by atoms with Crippen molar-refractivity contribution in [1.29, 1.82) is 5.41 Å². The van der Waals surface area contributed by atoms with Crippen LogP contribution in [0.4, 0.5) is 0 Å². The predicted molar refractivity (Wildman–Crippen MR) is 72.9 cm³/mol. The molecule has 0 saturated heterocycles. The smallest absolute Gasteiger partial charge is 0.355 e. The molecule has 1 aromatic heterocycles. The zero-order chi connectivity index (χ0) is 14.2. The van der Waals surface area contributed by atoms with E-state index in [1.807, 2.05) is 26.0 Å². The van der Waals surface area contributed by atoms with Gasteiger partial charge in [0.05, 0.1) is 25.3 Å². The molecule has 0 atom stereocenters. The number of fused-ring (bicyclic) bond motifs is 1. The highest BCUT2D eigenvalue weighted by molar-refractivity contribution is 6.14. The molecule has 2 aromatic rings. The summed E-state index contributed by atoms with van der Waals surface area (Å²) in [5.41, 5.74) is 3.51. The summed E-state index contributed by atoms with van der Waals surface area (Å²) in [5.74, 6) is -0.563. The van der Waals surface area contributed by atoms with Gasteiger partial charge in [-0.25, -0.2) is 4.79 Å². The number of ether oxygens (including phenoxy) is 2. The molecule has 0 bridgehead atoms. The van der Waals surface area contributed by atoms with Gasteiger partial charge in [-0.3, -0.25) is 5.41 Å². The number of benzene rings is 1. The normalized spacial score (nSPS) is 10.5. The van der Waals surface area contributed by atoms with Crippen LogP contribution in [0.3, 0.4) is 0 Å². The fourth-order valence-corrected chi connectivity index (χ4v) is 2.19. The van der Waals surface area contributed by atoms with E-state index in [1.165, 1.54) is 14.2 Å². The number of hydrogen-bond donors (Lipinski definition) is 2. The maximum absolute atomic E-state index is 11.8. The molecule has 0 spiro atoms. The minimum absolute atomic E-state index is 0.0552. The maximum atomic E-state index is 11.8. The second-order valence-corrected chi connectivity index (χ2v) is 4.35. The van der Waals surface area contributed by atoms with Crippen LogP contribution < -0.4 is 0 Å². The number of aromatic amines is 1. The van der Waals surface area contributed by atoms with Crippen LogP contribution in [-0.4, -0.2) is 31.1 Å². The molecule has 0 aliphatic carbocycles. The van der Waals surface area contributed by atoms with E-state index in [4.69, 9.17) is 14.9 Å². The van der Waals surface area contributed by atoms with Crippen LogP contribution in [0.5, 0.6) is 0 Å². The van der Waals surface area contributed by atoms with Crippen LogP contribution in [-0.2, 0) is 9.47 Å². The lowest BCUT2D eigenvalue weighted by atomic mass is 10.0. The number of methoxy groups -OCH3 is 2. The van der Waals surface area contributed by atoms with E-state index in [9.17, 15) is 4.79 Å². The average molecular weight is 260 g/mol. The number of aromatic nitrogens is 1. The molecule has 19 heavy (non-hydrogen) atoms. The molecular weight excluding hydrogens is 244 g/mol. The molecule has 2 N–H and O–H groups in total. The maximum Gasteiger partial charge on any atom is 0.355 e. The molecular formula is C14H16N2O3. The second-order valence-electron chi connectivity index (χ2n) is 4.35. The number of rotatable bonds is 2. The molecule has 0 amide bonds. The zero-order valence-electron chi connectivity index (χ0n) is 11.4. The van der Waals surface area contributed by atoms with E-state index in [0.717, 1.165) is 22.0 Å². The van der Waals surface area contributed by atoms with Crippen molar-refractivity contribution in [2.75, 3.05) is 14.2 Å². The summed E-state index contributed by atoms with van der Waals surface area (Å²) in [5, 5.41) is 8.73. The van der Waals surface area contributed by atoms with Crippen molar-refractivity contribution < 1.29 is 14.3 Å². The lowest BCUT2D eigenvalue weighted by molar-refractivity contribution is 0.0594. The Morgan fingerprint density at radius 3 is 2.37 bits per heavy atom. The summed E-state index contributed by atoms with van der Waals surface area (Å²) in [6, 6.07) is 3.93. The molecule has 0 unspecified atom stereocenters. The molecule has 1 aromatic carbocycles. The van der Waals surface area contributed by atoms with E-state index in [1.54, 1.807) is 0 Å². The van der Waals surface area contributed by atoms with Crippen molar-refractivity contribution in [2.24, 2.45) is 0 Å². The van der Waals surface area contributed by atoms with Gasteiger partial charge in [-0.1, -0.05) is 12.1 Å². The average Bonchev–Trinajstić information content (AvgIpc) is 2.82. The minimum Gasteiger partial charge on any atom is -0.481 e. The zero-order valence-corrected chi connectivity index (χ0v) is 11.4. The minimum atomic E-state index is -0.508. The van der Waals surface area contributed by atoms with Gasteiger partial charge in [-0.15, -0.1) is 0 Å². The van der Waals surface area contributed by atoms with Crippen LogP contribution >= 0.6 is 0 Å². The van der Waals surface area contributed by atoms with Gasteiger partial charge in [0, 0.05) is 5.39 Å². The van der Waals surface area contributed by atoms with Crippen molar-refractivity contribution in [2.45, 2.75) is 13.8 Å². The number of carbonyl (C=O) groups is 1. The van der Waals surface area contributed by atoms with Crippen molar-refractivity contribution in [3.8, 4) is 0 Å². The Balaban J connectivity index is 2.89. The SMILES string of the molecule is COC(=N)c1c(C(=O)OC)[nH]c2c(C)ccc(C)c12. The summed E-state index contributed by atoms with van der Waals surface area (Å²) >= 11 is 0. The van der Waals surface area contributed by atoms with Crippen LogP contribution in [0.2, 0.25) is 0 Å². The summed E-state index contributed by atoms with van der Waals surface area (Å²) in [6.45, 7) is 3.88. The summed E-state index contributed by atoms with van der Waals surface area (Å²) in [7, 11) is 2.72. The largest absolute Gasteiger partial charge is 0.481 e. The molecule has 2 rings (SSSR count). The fourth-order valence-electron chi connectivity index (χ4n) is 2.19. The number of nitrogens with one attached hydrogen (secondary N) is 2. The molecule has 0 radical (unpaired) electrons. The van der Waals surface area contributed by atoms with Gasteiger partial charge in [0.15, 0.2) is 0 Å². The number of esters is 1.